The van der Waals surface area contributed by atoms with E-state index in [2.05, 4.69) is 27.0 Å². The van der Waals surface area contributed by atoms with Gasteiger partial charge in [0.2, 0.25) is 5.91 Å². The maximum atomic E-state index is 13.4. The summed E-state index contributed by atoms with van der Waals surface area (Å²) in [7, 11) is 1.56. The number of thioether (sulfide) groups is 1. The van der Waals surface area contributed by atoms with Crippen LogP contribution < -0.4 is 20.7 Å². The highest BCUT2D eigenvalue weighted by Crippen LogP contribution is 2.29. The maximum absolute atomic E-state index is 13.4. The highest BCUT2D eigenvalue weighted by atomic mass is 32.2. The lowest BCUT2D eigenvalue weighted by molar-refractivity contribution is -0.115. The van der Waals surface area contributed by atoms with Gasteiger partial charge in [-0.2, -0.15) is 0 Å². The highest BCUT2D eigenvalue weighted by molar-refractivity contribution is 8.00. The Morgan fingerprint density at radius 2 is 1.68 bits per heavy atom. The molecule has 5 aromatic rings. The van der Waals surface area contributed by atoms with Crippen molar-refractivity contribution in [1.82, 2.24) is 10.3 Å². The fourth-order valence-electron chi connectivity index (χ4n) is 4.21. The van der Waals surface area contributed by atoms with Crippen LogP contribution in [0.15, 0.2) is 108 Å². The first-order chi connectivity index (χ1) is 21.3. The number of aryl methyl sites for hydroxylation is 1. The van der Waals surface area contributed by atoms with Gasteiger partial charge in [-0.3, -0.25) is 14.4 Å². The first-order valence-corrected chi connectivity index (χ1v) is 15.5. The fraction of sp³-hybridized carbons (Fsp3) is 0.118. The topological polar surface area (TPSA) is 109 Å². The standard InChI is InChI=1S/C34H30N4O4S2/c1-21-12-17-28-30(18-21)44-34(37-28)38-31(39)22(2)43-27-15-13-25(14-16-27)35-33(41)29(20-23-8-7-11-26(19-23)42-3)36-32(40)24-9-5-4-6-10-24/h4-20,22H,1-3H3,(H,35,41)(H,36,40)(H,37,38,39)/b29-20-. The predicted octanol–water partition coefficient (Wildman–Crippen LogP) is 7.14. The van der Waals surface area contributed by atoms with E-state index >= 15 is 0 Å². The Bertz CT molecular complexity index is 1840. The first kappa shape index (κ1) is 30.5. The van der Waals surface area contributed by atoms with Gasteiger partial charge in [-0.15, -0.1) is 11.8 Å². The Morgan fingerprint density at radius 3 is 2.43 bits per heavy atom. The summed E-state index contributed by atoms with van der Waals surface area (Å²) >= 11 is 2.85. The van der Waals surface area contributed by atoms with Crippen LogP contribution in [0, 0.1) is 6.92 Å². The normalized spacial score (nSPS) is 11.9. The van der Waals surface area contributed by atoms with E-state index in [0.717, 1.165) is 20.7 Å². The Kier molecular flexibility index (Phi) is 9.73. The molecule has 10 heteroatoms. The van der Waals surface area contributed by atoms with E-state index < -0.39 is 11.8 Å². The number of amides is 3. The van der Waals surface area contributed by atoms with Crippen LogP contribution in [0.2, 0.25) is 0 Å². The zero-order chi connectivity index (χ0) is 31.1. The van der Waals surface area contributed by atoms with E-state index in [-0.39, 0.29) is 16.9 Å². The van der Waals surface area contributed by atoms with Crippen molar-refractivity contribution in [2.75, 3.05) is 17.7 Å². The molecule has 0 spiro atoms. The number of ether oxygens (including phenoxy) is 1. The highest BCUT2D eigenvalue weighted by Gasteiger charge is 2.18. The van der Waals surface area contributed by atoms with Crippen LogP contribution in [0.3, 0.4) is 0 Å². The lowest BCUT2D eigenvalue weighted by Crippen LogP contribution is -2.30. The predicted molar refractivity (Wildman–Crippen MR) is 178 cm³/mol. The average molecular weight is 623 g/mol. The molecule has 0 saturated carbocycles. The number of carbonyl (C=O) groups is 3. The van der Waals surface area contributed by atoms with Crippen LogP contribution in [0.5, 0.6) is 5.75 Å². The molecule has 0 bridgehead atoms. The van der Waals surface area contributed by atoms with Crippen LogP contribution in [0.25, 0.3) is 16.3 Å². The molecule has 222 valence electrons. The fourth-order valence-corrected chi connectivity index (χ4v) is 6.04. The van der Waals surface area contributed by atoms with Crippen LogP contribution in [-0.4, -0.2) is 35.1 Å². The molecule has 1 aromatic heterocycles. The van der Waals surface area contributed by atoms with E-state index in [1.165, 1.54) is 23.1 Å². The Morgan fingerprint density at radius 1 is 0.909 bits per heavy atom. The van der Waals surface area contributed by atoms with Crippen molar-refractivity contribution in [2.24, 2.45) is 0 Å². The van der Waals surface area contributed by atoms with E-state index in [0.29, 0.717) is 27.7 Å². The molecule has 3 amide bonds. The molecule has 0 saturated heterocycles. The van der Waals surface area contributed by atoms with Crippen LogP contribution in [-0.2, 0) is 9.59 Å². The largest absolute Gasteiger partial charge is 0.497 e. The van der Waals surface area contributed by atoms with Crippen molar-refractivity contribution in [3.05, 3.63) is 119 Å². The van der Waals surface area contributed by atoms with Gasteiger partial charge >= 0.3 is 0 Å². The van der Waals surface area contributed by atoms with Gasteiger partial charge in [-0.05, 0) is 91.7 Å². The smallest absolute Gasteiger partial charge is 0.272 e. The number of aromatic nitrogens is 1. The molecule has 0 aliphatic heterocycles. The molecule has 1 heterocycles. The number of carbonyl (C=O) groups excluding carboxylic acids is 3. The molecule has 1 unspecified atom stereocenters. The molecule has 44 heavy (non-hydrogen) atoms. The van der Waals surface area contributed by atoms with Gasteiger partial charge in [0.05, 0.1) is 22.6 Å². The van der Waals surface area contributed by atoms with Crippen molar-refractivity contribution in [2.45, 2.75) is 24.0 Å². The number of thiazole rings is 1. The van der Waals surface area contributed by atoms with E-state index in [1.807, 2.05) is 50.2 Å². The third kappa shape index (κ3) is 7.91. The zero-order valence-electron chi connectivity index (χ0n) is 24.3. The third-order valence-electron chi connectivity index (χ3n) is 6.50. The third-order valence-corrected chi connectivity index (χ3v) is 8.55. The van der Waals surface area contributed by atoms with Crippen molar-refractivity contribution in [1.29, 1.82) is 0 Å². The van der Waals surface area contributed by atoms with Gasteiger partial charge in [-0.1, -0.05) is 47.7 Å². The van der Waals surface area contributed by atoms with E-state index in [1.54, 1.807) is 67.8 Å². The Hall–Kier alpha value is -4.93. The Labute approximate surface area is 263 Å². The minimum Gasteiger partial charge on any atom is -0.497 e. The minimum atomic E-state index is -0.490. The zero-order valence-corrected chi connectivity index (χ0v) is 25.9. The summed E-state index contributed by atoms with van der Waals surface area (Å²) in [4.78, 5) is 44.5. The molecule has 0 radical (unpaired) electrons. The second kappa shape index (κ2) is 14.0. The average Bonchev–Trinajstić information content (AvgIpc) is 3.43. The summed E-state index contributed by atoms with van der Waals surface area (Å²) in [5, 5.41) is 8.69. The molecule has 8 nitrogen and oxygen atoms in total. The van der Waals surface area contributed by atoms with Gasteiger partial charge in [0.1, 0.15) is 11.4 Å². The lowest BCUT2D eigenvalue weighted by atomic mass is 10.1. The molecule has 1 atom stereocenters. The monoisotopic (exact) mass is 622 g/mol. The maximum Gasteiger partial charge on any atom is 0.272 e. The molecule has 0 aliphatic rings. The SMILES string of the molecule is COc1cccc(/C=C(\NC(=O)c2ccccc2)C(=O)Nc2ccc(SC(C)C(=O)Nc3nc4ccc(C)cc4s3)cc2)c1. The number of methoxy groups -OCH3 is 1. The number of fused-ring (bicyclic) bond motifs is 1. The number of hydrogen-bond donors (Lipinski definition) is 3. The second-order valence-corrected chi connectivity index (χ2v) is 12.3. The summed E-state index contributed by atoms with van der Waals surface area (Å²) in [5.41, 5.74) is 3.71. The number of rotatable bonds is 10. The van der Waals surface area contributed by atoms with Crippen LogP contribution >= 0.6 is 23.1 Å². The molecule has 0 aliphatic carbocycles. The number of anilines is 2. The van der Waals surface area contributed by atoms with Gasteiger partial charge in [0.25, 0.3) is 11.8 Å². The van der Waals surface area contributed by atoms with Gasteiger partial charge in [-0.25, -0.2) is 4.98 Å². The number of nitrogens with zero attached hydrogens (tertiary/aromatic N) is 1. The molecule has 4 aromatic carbocycles. The van der Waals surface area contributed by atoms with Crippen LogP contribution in [0.1, 0.15) is 28.4 Å². The molecule has 3 N–H and O–H groups in total. The summed E-state index contributed by atoms with van der Waals surface area (Å²) < 4.78 is 6.32. The first-order valence-electron chi connectivity index (χ1n) is 13.8. The van der Waals surface area contributed by atoms with Crippen molar-refractivity contribution in [3.8, 4) is 5.75 Å². The number of benzene rings is 4. The summed E-state index contributed by atoms with van der Waals surface area (Å²) in [6.07, 6.45) is 1.59. The molecule has 5 rings (SSSR count). The number of nitrogens with one attached hydrogen (secondary N) is 3. The molecule has 0 fully saturated rings. The van der Waals surface area contributed by atoms with Crippen molar-refractivity contribution in [3.63, 3.8) is 0 Å². The van der Waals surface area contributed by atoms with Gasteiger partial charge < -0.3 is 20.7 Å². The van der Waals surface area contributed by atoms with E-state index in [4.69, 9.17) is 4.74 Å². The van der Waals surface area contributed by atoms with Gasteiger partial charge in [0.15, 0.2) is 5.13 Å². The summed E-state index contributed by atoms with van der Waals surface area (Å²) in [5.74, 6) is -0.421. The second-order valence-electron chi connectivity index (χ2n) is 9.87. The molecular weight excluding hydrogens is 593 g/mol. The van der Waals surface area contributed by atoms with Gasteiger partial charge in [0, 0.05) is 16.1 Å². The Balaban J connectivity index is 1.24. The summed E-state index contributed by atoms with van der Waals surface area (Å²) in [6.45, 7) is 3.85. The van der Waals surface area contributed by atoms with E-state index in [9.17, 15) is 14.4 Å². The summed E-state index contributed by atoms with van der Waals surface area (Å²) in [6, 6.07) is 29.0. The minimum absolute atomic E-state index is 0.0702. The number of hydrogen-bond acceptors (Lipinski definition) is 7. The lowest BCUT2D eigenvalue weighted by Gasteiger charge is -2.13. The van der Waals surface area contributed by atoms with Crippen LogP contribution in [0.4, 0.5) is 10.8 Å². The van der Waals surface area contributed by atoms with Crippen molar-refractivity contribution < 1.29 is 19.1 Å². The quantitative estimate of drug-likeness (QED) is 0.113. The molecular formula is C34H30N4O4S2. The van der Waals surface area contributed by atoms with Crippen molar-refractivity contribution >= 4 is 67.9 Å².